The summed E-state index contributed by atoms with van der Waals surface area (Å²) in [5.41, 5.74) is 1.42. The van der Waals surface area contributed by atoms with Crippen molar-refractivity contribution in [3.05, 3.63) is 58.7 Å². The fraction of sp³-hybridized carbons (Fsp3) is 0.0667. The van der Waals surface area contributed by atoms with Crippen LogP contribution in [0.15, 0.2) is 36.4 Å². The summed E-state index contributed by atoms with van der Waals surface area (Å²) in [5, 5.41) is 0.774. The normalized spacial score (nSPS) is 11.0. The first kappa shape index (κ1) is 12.9. The number of fused-ring (bicyclic) bond motifs is 1. The van der Waals surface area contributed by atoms with E-state index >= 15 is 0 Å². The Morgan fingerprint density at radius 1 is 1.00 bits per heavy atom. The summed E-state index contributed by atoms with van der Waals surface area (Å²) < 4.78 is 26.9. The van der Waals surface area contributed by atoms with E-state index in [0.29, 0.717) is 22.0 Å². The first-order valence-electron chi connectivity index (χ1n) is 5.94. The topological polar surface area (TPSA) is 25.8 Å². The Bertz CT molecular complexity index is 818. The molecule has 20 heavy (non-hydrogen) atoms. The van der Waals surface area contributed by atoms with Crippen LogP contribution in [0.2, 0.25) is 5.15 Å². The maximum atomic E-state index is 13.6. The predicted molar refractivity (Wildman–Crippen MR) is 74.6 cm³/mol. The quantitative estimate of drug-likeness (QED) is 0.615. The van der Waals surface area contributed by atoms with E-state index in [1.165, 1.54) is 24.3 Å². The van der Waals surface area contributed by atoms with E-state index in [4.69, 9.17) is 11.6 Å². The van der Waals surface area contributed by atoms with Gasteiger partial charge in [-0.3, -0.25) is 0 Å². The number of benzene rings is 2. The molecule has 3 rings (SSSR count). The summed E-state index contributed by atoms with van der Waals surface area (Å²) in [6.45, 7) is 1.67. The van der Waals surface area contributed by atoms with Crippen LogP contribution in [0.5, 0.6) is 0 Å². The molecule has 0 aliphatic heterocycles. The van der Waals surface area contributed by atoms with Gasteiger partial charge in [-0.1, -0.05) is 23.7 Å². The van der Waals surface area contributed by atoms with Crippen LogP contribution in [0.1, 0.15) is 5.56 Å². The molecular formula is C15H9ClF2N2. The predicted octanol–water partition coefficient (Wildman–Crippen LogP) is 4.54. The number of aryl methyl sites for hydroxylation is 1. The van der Waals surface area contributed by atoms with Crippen molar-refractivity contribution in [1.82, 2.24) is 9.97 Å². The van der Waals surface area contributed by atoms with Crippen LogP contribution in [-0.2, 0) is 0 Å². The van der Waals surface area contributed by atoms with Crippen molar-refractivity contribution in [3.63, 3.8) is 0 Å². The van der Waals surface area contributed by atoms with Crippen molar-refractivity contribution in [1.29, 1.82) is 0 Å². The van der Waals surface area contributed by atoms with E-state index < -0.39 is 5.82 Å². The largest absolute Gasteiger partial charge is 0.228 e. The average molecular weight is 291 g/mol. The minimum atomic E-state index is -0.409. The van der Waals surface area contributed by atoms with Crippen LogP contribution >= 0.6 is 11.6 Å². The summed E-state index contributed by atoms with van der Waals surface area (Å²) in [7, 11) is 0. The van der Waals surface area contributed by atoms with Gasteiger partial charge in [0.1, 0.15) is 16.8 Å². The Kier molecular flexibility index (Phi) is 3.10. The zero-order valence-corrected chi connectivity index (χ0v) is 11.2. The van der Waals surface area contributed by atoms with Gasteiger partial charge in [-0.2, -0.15) is 0 Å². The highest BCUT2D eigenvalue weighted by Gasteiger charge is 2.10. The zero-order chi connectivity index (χ0) is 14.3. The molecule has 0 amide bonds. The fourth-order valence-corrected chi connectivity index (χ4v) is 2.16. The fourth-order valence-electron chi connectivity index (χ4n) is 1.93. The highest BCUT2D eigenvalue weighted by Crippen LogP contribution is 2.26. The van der Waals surface area contributed by atoms with E-state index in [1.54, 1.807) is 19.1 Å². The first-order chi connectivity index (χ1) is 9.54. The molecule has 2 aromatic carbocycles. The molecule has 3 aromatic rings. The lowest BCUT2D eigenvalue weighted by molar-refractivity contribution is 0.619. The van der Waals surface area contributed by atoms with Crippen molar-refractivity contribution < 1.29 is 8.78 Å². The van der Waals surface area contributed by atoms with Crippen LogP contribution in [0.3, 0.4) is 0 Å². The van der Waals surface area contributed by atoms with E-state index in [0.717, 1.165) is 0 Å². The van der Waals surface area contributed by atoms with E-state index in [9.17, 15) is 8.78 Å². The summed E-state index contributed by atoms with van der Waals surface area (Å²) >= 11 is 6.07. The number of hydrogen-bond acceptors (Lipinski definition) is 2. The lowest BCUT2D eigenvalue weighted by atomic mass is 10.1. The second kappa shape index (κ2) is 4.80. The summed E-state index contributed by atoms with van der Waals surface area (Å²) in [6, 6.07) is 8.77. The van der Waals surface area contributed by atoms with Gasteiger partial charge in [0.05, 0.1) is 5.52 Å². The van der Waals surface area contributed by atoms with Crippen LogP contribution in [0.25, 0.3) is 22.3 Å². The second-order valence-corrected chi connectivity index (χ2v) is 4.82. The standard InChI is InChI=1S/C15H9ClF2N2/c1-8-2-3-9(6-12(8)18)15-19-13-7-10(17)4-5-11(13)14(16)20-15/h2-7H,1H3. The molecule has 0 aliphatic rings. The number of halogens is 3. The van der Waals surface area contributed by atoms with Crippen molar-refractivity contribution in [2.75, 3.05) is 0 Å². The minimum Gasteiger partial charge on any atom is -0.228 e. The molecule has 0 saturated heterocycles. The van der Waals surface area contributed by atoms with Crippen LogP contribution in [-0.4, -0.2) is 9.97 Å². The SMILES string of the molecule is Cc1ccc(-c2nc(Cl)c3ccc(F)cc3n2)cc1F. The Balaban J connectivity index is 2.23. The number of hydrogen-bond donors (Lipinski definition) is 0. The Morgan fingerprint density at radius 3 is 2.55 bits per heavy atom. The van der Waals surface area contributed by atoms with Gasteiger partial charge < -0.3 is 0 Å². The Morgan fingerprint density at radius 2 is 1.80 bits per heavy atom. The Hall–Kier alpha value is -2.07. The molecule has 0 radical (unpaired) electrons. The lowest BCUT2D eigenvalue weighted by Crippen LogP contribution is -1.94. The monoisotopic (exact) mass is 290 g/mol. The smallest absolute Gasteiger partial charge is 0.161 e. The maximum absolute atomic E-state index is 13.6. The van der Waals surface area contributed by atoms with Gasteiger partial charge in [-0.25, -0.2) is 18.7 Å². The molecule has 0 bridgehead atoms. The van der Waals surface area contributed by atoms with Crippen molar-refractivity contribution in [3.8, 4) is 11.4 Å². The highest BCUT2D eigenvalue weighted by atomic mass is 35.5. The van der Waals surface area contributed by atoms with Gasteiger partial charge in [0, 0.05) is 17.0 Å². The third-order valence-electron chi connectivity index (χ3n) is 3.04. The van der Waals surface area contributed by atoms with E-state index in [-0.39, 0.29) is 16.8 Å². The summed E-state index contributed by atoms with van der Waals surface area (Å²) in [5.74, 6) is -0.484. The van der Waals surface area contributed by atoms with E-state index in [1.807, 2.05) is 0 Å². The van der Waals surface area contributed by atoms with Crippen LogP contribution < -0.4 is 0 Å². The molecule has 1 heterocycles. The van der Waals surface area contributed by atoms with Gasteiger partial charge in [0.15, 0.2) is 5.82 Å². The molecular weight excluding hydrogens is 282 g/mol. The van der Waals surface area contributed by atoms with Crippen molar-refractivity contribution in [2.45, 2.75) is 6.92 Å². The molecule has 0 unspecified atom stereocenters. The minimum absolute atomic E-state index is 0.214. The molecule has 0 saturated carbocycles. The van der Waals surface area contributed by atoms with Gasteiger partial charge >= 0.3 is 0 Å². The van der Waals surface area contributed by atoms with Gasteiger partial charge in [-0.15, -0.1) is 0 Å². The van der Waals surface area contributed by atoms with Crippen molar-refractivity contribution >= 4 is 22.5 Å². The van der Waals surface area contributed by atoms with Gasteiger partial charge in [0.25, 0.3) is 0 Å². The maximum Gasteiger partial charge on any atom is 0.161 e. The molecule has 0 atom stereocenters. The number of rotatable bonds is 1. The zero-order valence-electron chi connectivity index (χ0n) is 10.5. The molecule has 0 N–H and O–H groups in total. The highest BCUT2D eigenvalue weighted by molar-refractivity contribution is 6.34. The molecule has 1 aromatic heterocycles. The molecule has 5 heteroatoms. The van der Waals surface area contributed by atoms with Gasteiger partial charge in [0.2, 0.25) is 0 Å². The Labute approximate surface area is 119 Å². The van der Waals surface area contributed by atoms with Crippen LogP contribution in [0, 0.1) is 18.6 Å². The van der Waals surface area contributed by atoms with E-state index in [2.05, 4.69) is 9.97 Å². The van der Waals surface area contributed by atoms with Gasteiger partial charge in [-0.05, 0) is 30.7 Å². The molecule has 0 aliphatic carbocycles. The first-order valence-corrected chi connectivity index (χ1v) is 6.32. The van der Waals surface area contributed by atoms with Crippen LogP contribution in [0.4, 0.5) is 8.78 Å². The molecule has 0 spiro atoms. The lowest BCUT2D eigenvalue weighted by Gasteiger charge is -2.06. The second-order valence-electron chi connectivity index (χ2n) is 4.46. The third-order valence-corrected chi connectivity index (χ3v) is 3.33. The average Bonchev–Trinajstić information content (AvgIpc) is 2.41. The number of aromatic nitrogens is 2. The molecule has 2 nitrogen and oxygen atoms in total. The molecule has 100 valence electrons. The third kappa shape index (κ3) is 2.23. The summed E-state index contributed by atoms with van der Waals surface area (Å²) in [4.78, 5) is 8.37. The molecule has 0 fully saturated rings. The number of nitrogens with zero attached hydrogens (tertiary/aromatic N) is 2. The summed E-state index contributed by atoms with van der Waals surface area (Å²) in [6.07, 6.45) is 0. The van der Waals surface area contributed by atoms with Crippen molar-refractivity contribution in [2.24, 2.45) is 0 Å².